The molecular formula is C16H18O4. The van der Waals surface area contributed by atoms with Crippen molar-refractivity contribution in [3.8, 4) is 17.2 Å². The molecule has 0 spiro atoms. The van der Waals surface area contributed by atoms with Gasteiger partial charge in [-0.15, -0.1) is 0 Å². The van der Waals surface area contributed by atoms with Gasteiger partial charge in [-0.25, -0.2) is 0 Å². The summed E-state index contributed by atoms with van der Waals surface area (Å²) in [5.74, 6) is 2.76. The molecule has 0 N–H and O–H groups in total. The fourth-order valence-electron chi connectivity index (χ4n) is 1.95. The van der Waals surface area contributed by atoms with Gasteiger partial charge >= 0.3 is 0 Å². The van der Waals surface area contributed by atoms with Gasteiger partial charge in [0.05, 0.1) is 27.6 Å². The van der Waals surface area contributed by atoms with Crippen LogP contribution in [-0.4, -0.2) is 21.3 Å². The highest BCUT2D eigenvalue weighted by Crippen LogP contribution is 2.38. The van der Waals surface area contributed by atoms with Crippen LogP contribution < -0.4 is 14.2 Å². The van der Waals surface area contributed by atoms with E-state index in [0.29, 0.717) is 17.2 Å². The first kappa shape index (κ1) is 14.1. The van der Waals surface area contributed by atoms with Crippen LogP contribution in [-0.2, 0) is 6.42 Å². The number of hydrogen-bond donors (Lipinski definition) is 0. The number of hydrogen-bond acceptors (Lipinski definition) is 4. The minimum absolute atomic E-state index is 0.605. The zero-order valence-electron chi connectivity index (χ0n) is 11.9. The number of allylic oxidation sites excluding steroid dienone is 1. The molecule has 0 saturated carbocycles. The molecule has 1 aromatic heterocycles. The second-order valence-corrected chi connectivity index (χ2v) is 4.16. The maximum Gasteiger partial charge on any atom is 0.203 e. The van der Waals surface area contributed by atoms with Crippen LogP contribution in [0.3, 0.4) is 0 Å². The van der Waals surface area contributed by atoms with Gasteiger partial charge in [-0.3, -0.25) is 0 Å². The van der Waals surface area contributed by atoms with Gasteiger partial charge in [0.1, 0.15) is 5.76 Å². The van der Waals surface area contributed by atoms with E-state index in [4.69, 9.17) is 18.6 Å². The summed E-state index contributed by atoms with van der Waals surface area (Å²) in [5, 5.41) is 0. The first-order chi connectivity index (χ1) is 9.78. The lowest BCUT2D eigenvalue weighted by Crippen LogP contribution is -1.96. The summed E-state index contributed by atoms with van der Waals surface area (Å²) in [5.41, 5.74) is 1.07. The highest BCUT2D eigenvalue weighted by atomic mass is 16.5. The number of methoxy groups -OCH3 is 3. The Morgan fingerprint density at radius 2 is 1.75 bits per heavy atom. The molecule has 20 heavy (non-hydrogen) atoms. The van der Waals surface area contributed by atoms with Crippen molar-refractivity contribution in [1.82, 2.24) is 0 Å². The molecule has 0 aliphatic carbocycles. The highest BCUT2D eigenvalue weighted by molar-refractivity contribution is 5.54. The summed E-state index contributed by atoms with van der Waals surface area (Å²) in [6.45, 7) is 0. The third-order valence-electron chi connectivity index (χ3n) is 2.90. The Morgan fingerprint density at radius 3 is 2.25 bits per heavy atom. The van der Waals surface area contributed by atoms with Gasteiger partial charge in [0.15, 0.2) is 11.5 Å². The van der Waals surface area contributed by atoms with Crippen molar-refractivity contribution in [3.63, 3.8) is 0 Å². The van der Waals surface area contributed by atoms with E-state index in [1.807, 2.05) is 36.4 Å². The van der Waals surface area contributed by atoms with Crippen LogP contribution in [0.25, 0.3) is 6.08 Å². The molecule has 0 radical (unpaired) electrons. The summed E-state index contributed by atoms with van der Waals surface area (Å²) in [6, 6.07) is 7.65. The van der Waals surface area contributed by atoms with Crippen molar-refractivity contribution >= 4 is 6.08 Å². The van der Waals surface area contributed by atoms with Crippen LogP contribution in [0.5, 0.6) is 17.2 Å². The lowest BCUT2D eigenvalue weighted by atomic mass is 10.1. The van der Waals surface area contributed by atoms with E-state index in [1.54, 1.807) is 27.6 Å². The summed E-state index contributed by atoms with van der Waals surface area (Å²) < 4.78 is 21.2. The fourth-order valence-corrected chi connectivity index (χ4v) is 1.95. The Balaban J connectivity index is 2.19. The van der Waals surface area contributed by atoms with E-state index >= 15 is 0 Å². The third-order valence-corrected chi connectivity index (χ3v) is 2.90. The second kappa shape index (κ2) is 6.70. The Kier molecular flexibility index (Phi) is 4.71. The zero-order chi connectivity index (χ0) is 14.4. The van der Waals surface area contributed by atoms with Crippen molar-refractivity contribution in [1.29, 1.82) is 0 Å². The van der Waals surface area contributed by atoms with Crippen LogP contribution in [0.2, 0.25) is 0 Å². The van der Waals surface area contributed by atoms with Gasteiger partial charge in [0, 0.05) is 0 Å². The van der Waals surface area contributed by atoms with Gasteiger partial charge in [-0.1, -0.05) is 6.08 Å². The third kappa shape index (κ3) is 3.15. The topological polar surface area (TPSA) is 40.8 Å². The molecule has 4 nitrogen and oxygen atoms in total. The molecule has 0 fully saturated rings. The predicted molar refractivity (Wildman–Crippen MR) is 77.5 cm³/mol. The van der Waals surface area contributed by atoms with Gasteiger partial charge < -0.3 is 18.6 Å². The second-order valence-electron chi connectivity index (χ2n) is 4.16. The minimum atomic E-state index is 0.605. The number of rotatable bonds is 6. The van der Waals surface area contributed by atoms with E-state index < -0.39 is 0 Å². The monoisotopic (exact) mass is 274 g/mol. The number of furan rings is 1. The predicted octanol–water partition coefficient (Wildman–Crippen LogP) is 3.56. The van der Waals surface area contributed by atoms with Crippen LogP contribution in [0.15, 0.2) is 41.0 Å². The molecule has 0 aliphatic heterocycles. The first-order valence-corrected chi connectivity index (χ1v) is 6.27. The van der Waals surface area contributed by atoms with Crippen molar-refractivity contribution in [3.05, 3.63) is 47.9 Å². The van der Waals surface area contributed by atoms with E-state index in [2.05, 4.69) is 0 Å². The van der Waals surface area contributed by atoms with Gasteiger partial charge in [0.25, 0.3) is 0 Å². The maximum atomic E-state index is 5.32. The average molecular weight is 274 g/mol. The molecule has 106 valence electrons. The molecule has 1 heterocycles. The van der Waals surface area contributed by atoms with E-state index in [0.717, 1.165) is 17.7 Å². The highest BCUT2D eigenvalue weighted by Gasteiger charge is 2.12. The minimum Gasteiger partial charge on any atom is -0.493 e. The molecule has 1 aromatic carbocycles. The Bertz CT molecular complexity index is 545. The smallest absolute Gasteiger partial charge is 0.203 e. The van der Waals surface area contributed by atoms with Crippen LogP contribution in [0, 0.1) is 0 Å². The molecular weight excluding hydrogens is 256 g/mol. The van der Waals surface area contributed by atoms with Crippen LogP contribution in [0.1, 0.15) is 11.3 Å². The summed E-state index contributed by atoms with van der Waals surface area (Å²) in [6.07, 6.45) is 6.36. The first-order valence-electron chi connectivity index (χ1n) is 6.27. The molecule has 4 heteroatoms. The standard InChI is InChI=1S/C16H18O4/c1-17-14-10-12(11-15(18-2)16(14)19-3)6-4-7-13-8-5-9-20-13/h4-5,7-11H,6H2,1-3H3/b7-4+. The van der Waals surface area contributed by atoms with Crippen molar-refractivity contribution in [2.45, 2.75) is 6.42 Å². The van der Waals surface area contributed by atoms with Gasteiger partial charge in [-0.2, -0.15) is 0 Å². The largest absolute Gasteiger partial charge is 0.493 e. The molecule has 0 amide bonds. The van der Waals surface area contributed by atoms with Crippen molar-refractivity contribution in [2.75, 3.05) is 21.3 Å². The number of ether oxygens (including phenoxy) is 3. The average Bonchev–Trinajstić information content (AvgIpc) is 2.99. The van der Waals surface area contributed by atoms with Crippen LogP contribution >= 0.6 is 0 Å². The van der Waals surface area contributed by atoms with E-state index in [1.165, 1.54) is 0 Å². The molecule has 0 atom stereocenters. The zero-order valence-corrected chi connectivity index (χ0v) is 11.9. The normalized spacial score (nSPS) is 10.8. The lowest BCUT2D eigenvalue weighted by molar-refractivity contribution is 0.324. The SMILES string of the molecule is COc1cc(C/C=C/c2ccco2)cc(OC)c1OC. The van der Waals surface area contributed by atoms with Crippen molar-refractivity contribution < 1.29 is 18.6 Å². The van der Waals surface area contributed by atoms with E-state index in [-0.39, 0.29) is 0 Å². The van der Waals surface area contributed by atoms with Gasteiger partial charge in [0.2, 0.25) is 5.75 Å². The lowest BCUT2D eigenvalue weighted by Gasteiger charge is -2.13. The van der Waals surface area contributed by atoms with E-state index in [9.17, 15) is 0 Å². The Morgan fingerprint density at radius 1 is 1.05 bits per heavy atom. The Hall–Kier alpha value is -2.36. The summed E-state index contributed by atoms with van der Waals surface area (Å²) in [4.78, 5) is 0. The summed E-state index contributed by atoms with van der Waals surface area (Å²) in [7, 11) is 4.82. The Labute approximate surface area is 118 Å². The fraction of sp³-hybridized carbons (Fsp3) is 0.250. The molecule has 2 aromatic rings. The maximum absolute atomic E-state index is 5.32. The molecule has 2 rings (SSSR count). The van der Waals surface area contributed by atoms with Crippen molar-refractivity contribution in [2.24, 2.45) is 0 Å². The molecule has 0 aliphatic rings. The quantitative estimate of drug-likeness (QED) is 0.807. The molecule has 0 saturated heterocycles. The summed E-state index contributed by atoms with van der Waals surface area (Å²) >= 11 is 0. The number of benzene rings is 1. The molecule has 0 bridgehead atoms. The van der Waals surface area contributed by atoms with Crippen LogP contribution in [0.4, 0.5) is 0 Å². The molecule has 0 unspecified atom stereocenters. The van der Waals surface area contributed by atoms with Gasteiger partial charge in [-0.05, 0) is 42.3 Å².